The maximum Gasteiger partial charge on any atom is 0.410 e. The van der Waals surface area contributed by atoms with Crippen LogP contribution in [-0.4, -0.2) is 47.1 Å². The Morgan fingerprint density at radius 3 is 2.26 bits per heavy atom. The predicted molar refractivity (Wildman–Crippen MR) is 106 cm³/mol. The normalized spacial score (nSPS) is 15.0. The number of rotatable bonds is 4. The topological polar surface area (TPSA) is 68.7 Å². The summed E-state index contributed by atoms with van der Waals surface area (Å²) in [6.45, 7) is 6.12. The number of ether oxygens (including phenoxy) is 2. The minimum absolute atomic E-state index is 0.0542. The highest BCUT2D eigenvalue weighted by atomic mass is 19.1. The van der Waals surface area contributed by atoms with E-state index in [9.17, 15) is 22.8 Å². The molecule has 1 amide bonds. The van der Waals surface area contributed by atoms with E-state index in [1.165, 1.54) is 0 Å². The van der Waals surface area contributed by atoms with E-state index in [0.717, 1.165) is 24.3 Å². The average molecular weight is 436 g/mol. The summed E-state index contributed by atoms with van der Waals surface area (Å²) in [6, 6.07) is 3.94. The second-order valence-electron chi connectivity index (χ2n) is 8.23. The number of pyridine rings is 1. The fourth-order valence-electron chi connectivity index (χ4n) is 3.22. The molecule has 1 fully saturated rings. The molecule has 31 heavy (non-hydrogen) atoms. The summed E-state index contributed by atoms with van der Waals surface area (Å²) in [7, 11) is 0. The summed E-state index contributed by atoms with van der Waals surface area (Å²) in [5, 5.41) is 0. The SMILES string of the molecule is CC(C)(C)OC(=O)N1CCC(Oc2cc(F)c(-c3nc(C=O)ccc3F)c(F)c2)CC1. The van der Waals surface area contributed by atoms with E-state index in [0.29, 0.717) is 32.2 Å². The zero-order valence-electron chi connectivity index (χ0n) is 17.5. The van der Waals surface area contributed by atoms with Crippen molar-refractivity contribution < 1.29 is 32.2 Å². The van der Waals surface area contributed by atoms with Crippen molar-refractivity contribution in [3.63, 3.8) is 0 Å². The number of aldehydes is 1. The molecule has 0 unspecified atom stereocenters. The van der Waals surface area contributed by atoms with Crippen LogP contribution in [0.15, 0.2) is 24.3 Å². The number of piperidine rings is 1. The third kappa shape index (κ3) is 5.53. The first-order valence-electron chi connectivity index (χ1n) is 9.83. The van der Waals surface area contributed by atoms with E-state index in [1.807, 2.05) is 0 Å². The summed E-state index contributed by atoms with van der Waals surface area (Å²) in [4.78, 5) is 28.2. The molecule has 1 aromatic carbocycles. The monoisotopic (exact) mass is 436 g/mol. The zero-order chi connectivity index (χ0) is 22.8. The smallest absolute Gasteiger partial charge is 0.410 e. The Bertz CT molecular complexity index is 960. The van der Waals surface area contributed by atoms with Gasteiger partial charge >= 0.3 is 6.09 Å². The van der Waals surface area contributed by atoms with Crippen LogP contribution in [0.3, 0.4) is 0 Å². The van der Waals surface area contributed by atoms with Crippen molar-refractivity contribution in [2.24, 2.45) is 0 Å². The first-order valence-corrected chi connectivity index (χ1v) is 9.83. The van der Waals surface area contributed by atoms with Crippen molar-refractivity contribution in [3.8, 4) is 17.0 Å². The van der Waals surface area contributed by atoms with E-state index in [2.05, 4.69) is 4.98 Å². The first-order chi connectivity index (χ1) is 14.6. The molecule has 1 aromatic heterocycles. The largest absolute Gasteiger partial charge is 0.490 e. The van der Waals surface area contributed by atoms with Gasteiger partial charge in [-0.1, -0.05) is 0 Å². The van der Waals surface area contributed by atoms with Crippen LogP contribution in [0.4, 0.5) is 18.0 Å². The summed E-state index contributed by atoms with van der Waals surface area (Å²) < 4.78 is 54.3. The summed E-state index contributed by atoms with van der Waals surface area (Å²) >= 11 is 0. The lowest BCUT2D eigenvalue weighted by atomic mass is 10.1. The van der Waals surface area contributed by atoms with Gasteiger partial charge < -0.3 is 14.4 Å². The maximum atomic E-state index is 14.6. The third-order valence-corrected chi connectivity index (χ3v) is 4.64. The Balaban J connectivity index is 1.70. The number of aromatic nitrogens is 1. The Hall–Kier alpha value is -3.10. The summed E-state index contributed by atoms with van der Waals surface area (Å²) in [5.74, 6) is -3.13. The van der Waals surface area contributed by atoms with Crippen LogP contribution in [0, 0.1) is 17.5 Å². The molecule has 1 aliphatic heterocycles. The van der Waals surface area contributed by atoms with E-state index in [4.69, 9.17) is 9.47 Å². The second kappa shape index (κ2) is 8.95. The molecule has 2 aromatic rings. The molecule has 0 saturated carbocycles. The Kier molecular flexibility index (Phi) is 6.52. The Labute approximate surface area is 178 Å². The van der Waals surface area contributed by atoms with Crippen molar-refractivity contribution >= 4 is 12.4 Å². The average Bonchev–Trinajstić information content (AvgIpc) is 2.68. The van der Waals surface area contributed by atoms with E-state index in [1.54, 1.807) is 25.7 Å². The molecule has 0 N–H and O–H groups in total. The number of benzene rings is 1. The van der Waals surface area contributed by atoms with Crippen molar-refractivity contribution in [2.75, 3.05) is 13.1 Å². The quantitative estimate of drug-likeness (QED) is 0.647. The lowest BCUT2D eigenvalue weighted by Gasteiger charge is -2.33. The minimum atomic E-state index is -1.06. The van der Waals surface area contributed by atoms with Gasteiger partial charge in [-0.05, 0) is 32.9 Å². The molecular formula is C22H23F3N2O4. The number of amides is 1. The van der Waals surface area contributed by atoms with Crippen LogP contribution < -0.4 is 4.74 Å². The van der Waals surface area contributed by atoms with Gasteiger partial charge in [-0.3, -0.25) is 4.79 Å². The number of halogens is 3. The van der Waals surface area contributed by atoms with Gasteiger partial charge in [0.25, 0.3) is 0 Å². The molecule has 6 nitrogen and oxygen atoms in total. The molecule has 2 heterocycles. The second-order valence-corrected chi connectivity index (χ2v) is 8.23. The molecule has 9 heteroatoms. The van der Waals surface area contributed by atoms with Crippen LogP contribution in [-0.2, 0) is 4.74 Å². The van der Waals surface area contributed by atoms with Gasteiger partial charge in [0.2, 0.25) is 0 Å². The van der Waals surface area contributed by atoms with E-state index in [-0.39, 0.29) is 17.5 Å². The number of hydrogen-bond donors (Lipinski definition) is 0. The molecule has 3 rings (SSSR count). The minimum Gasteiger partial charge on any atom is -0.490 e. The predicted octanol–water partition coefficient (Wildman–Crippen LogP) is 4.76. The molecule has 0 spiro atoms. The molecule has 0 radical (unpaired) electrons. The summed E-state index contributed by atoms with van der Waals surface area (Å²) in [6.07, 6.45) is 0.514. The van der Waals surface area contributed by atoms with Crippen LogP contribution in [0.25, 0.3) is 11.3 Å². The lowest BCUT2D eigenvalue weighted by Crippen LogP contribution is -2.44. The maximum absolute atomic E-state index is 14.6. The van der Waals surface area contributed by atoms with Crippen molar-refractivity contribution in [2.45, 2.75) is 45.3 Å². The Morgan fingerprint density at radius 2 is 1.71 bits per heavy atom. The van der Waals surface area contributed by atoms with Crippen LogP contribution in [0.2, 0.25) is 0 Å². The molecular weight excluding hydrogens is 413 g/mol. The van der Waals surface area contributed by atoms with Crippen molar-refractivity contribution in [1.82, 2.24) is 9.88 Å². The highest BCUT2D eigenvalue weighted by Crippen LogP contribution is 2.31. The number of likely N-dealkylation sites (tertiary alicyclic amines) is 1. The molecule has 1 aliphatic rings. The fourth-order valence-corrected chi connectivity index (χ4v) is 3.22. The van der Waals surface area contributed by atoms with Gasteiger partial charge in [0, 0.05) is 38.1 Å². The first kappa shape index (κ1) is 22.6. The van der Waals surface area contributed by atoms with Gasteiger partial charge in [0.1, 0.15) is 46.3 Å². The number of carbonyl (C=O) groups is 2. The van der Waals surface area contributed by atoms with Crippen LogP contribution in [0.1, 0.15) is 44.1 Å². The molecule has 0 bridgehead atoms. The van der Waals surface area contributed by atoms with Gasteiger partial charge in [0.05, 0.1) is 5.56 Å². The van der Waals surface area contributed by atoms with Crippen molar-refractivity contribution in [3.05, 3.63) is 47.4 Å². The number of carbonyl (C=O) groups excluding carboxylic acids is 2. The number of hydrogen-bond acceptors (Lipinski definition) is 5. The van der Waals surface area contributed by atoms with Gasteiger partial charge in [-0.2, -0.15) is 0 Å². The van der Waals surface area contributed by atoms with E-state index < -0.39 is 40.4 Å². The van der Waals surface area contributed by atoms with E-state index >= 15 is 0 Å². The zero-order valence-corrected chi connectivity index (χ0v) is 17.5. The molecule has 0 aliphatic carbocycles. The van der Waals surface area contributed by atoms with Crippen LogP contribution >= 0.6 is 0 Å². The summed E-state index contributed by atoms with van der Waals surface area (Å²) in [5.41, 5.74) is -2.00. The highest BCUT2D eigenvalue weighted by Gasteiger charge is 2.28. The van der Waals surface area contributed by atoms with Crippen molar-refractivity contribution in [1.29, 1.82) is 0 Å². The van der Waals surface area contributed by atoms with Crippen LogP contribution in [0.5, 0.6) is 5.75 Å². The van der Waals surface area contributed by atoms with Gasteiger partial charge in [0.15, 0.2) is 6.29 Å². The molecule has 166 valence electrons. The standard InChI is InChI=1S/C22H23F3N2O4/c1-22(2,3)31-21(29)27-8-6-14(7-9-27)30-15-10-17(24)19(18(25)11-15)20-16(23)5-4-13(12-28)26-20/h4-5,10-12,14H,6-9H2,1-3H3. The van der Waals surface area contributed by atoms with Gasteiger partial charge in [-0.25, -0.2) is 22.9 Å². The number of nitrogens with zero attached hydrogens (tertiary/aromatic N) is 2. The Morgan fingerprint density at radius 1 is 1.10 bits per heavy atom. The third-order valence-electron chi connectivity index (χ3n) is 4.64. The van der Waals surface area contributed by atoms with Gasteiger partial charge in [-0.15, -0.1) is 0 Å². The fraction of sp³-hybridized carbons (Fsp3) is 0.409. The molecule has 0 atom stereocenters. The molecule has 1 saturated heterocycles. The highest BCUT2D eigenvalue weighted by molar-refractivity contribution is 5.74. The lowest BCUT2D eigenvalue weighted by molar-refractivity contribution is 0.0126.